The third-order valence-electron chi connectivity index (χ3n) is 4.45. The highest BCUT2D eigenvalue weighted by atomic mass is 127. The summed E-state index contributed by atoms with van der Waals surface area (Å²) in [5, 5.41) is 0. The number of rotatable bonds is 5. The highest BCUT2D eigenvalue weighted by Gasteiger charge is 2.27. The topological polar surface area (TPSA) is 44.8 Å². The molecule has 0 spiro atoms. The van der Waals surface area contributed by atoms with E-state index in [1.54, 1.807) is 6.07 Å². The van der Waals surface area contributed by atoms with E-state index in [1.165, 1.54) is 36.6 Å². The average molecular weight is 452 g/mol. The second-order valence-corrected chi connectivity index (χ2v) is 7.47. The number of benzene rings is 2. The Morgan fingerprint density at radius 2 is 1.88 bits per heavy atom. The standard InChI is InChI=1S/C20H21IO4/c1-12-9-15(14-7-8-14)19(10-13(12)2)24-11-16-17(21)5-4-6-18(16)25-20(22)23-3/h4-6,9-10,14H,7-8,11H2,1-3H3. The first-order chi connectivity index (χ1) is 12.0. The Morgan fingerprint density at radius 1 is 1.16 bits per heavy atom. The van der Waals surface area contributed by atoms with Crippen LogP contribution in [0, 0.1) is 17.4 Å². The summed E-state index contributed by atoms with van der Waals surface area (Å²) in [5.74, 6) is 2.00. The number of carbonyl (C=O) groups is 1. The van der Waals surface area contributed by atoms with Crippen molar-refractivity contribution in [1.29, 1.82) is 0 Å². The molecule has 132 valence electrons. The van der Waals surface area contributed by atoms with Crippen molar-refractivity contribution in [2.45, 2.75) is 39.2 Å². The molecule has 1 aliphatic rings. The Kier molecular flexibility index (Phi) is 5.51. The van der Waals surface area contributed by atoms with E-state index in [4.69, 9.17) is 9.47 Å². The zero-order valence-corrected chi connectivity index (χ0v) is 16.8. The highest BCUT2D eigenvalue weighted by Crippen LogP contribution is 2.45. The summed E-state index contributed by atoms with van der Waals surface area (Å²) in [6.45, 7) is 4.57. The van der Waals surface area contributed by atoms with Crippen molar-refractivity contribution < 1.29 is 19.0 Å². The SMILES string of the molecule is COC(=O)Oc1cccc(I)c1COc1cc(C)c(C)cc1C1CC1. The van der Waals surface area contributed by atoms with Crippen molar-refractivity contribution >= 4 is 28.7 Å². The van der Waals surface area contributed by atoms with Crippen LogP contribution < -0.4 is 9.47 Å². The summed E-state index contributed by atoms with van der Waals surface area (Å²) in [6.07, 6.45) is 1.71. The molecule has 4 nitrogen and oxygen atoms in total. The number of carbonyl (C=O) groups excluding carboxylic acids is 1. The van der Waals surface area contributed by atoms with Crippen LogP contribution in [0.15, 0.2) is 30.3 Å². The van der Waals surface area contributed by atoms with Gasteiger partial charge in [0.15, 0.2) is 0 Å². The summed E-state index contributed by atoms with van der Waals surface area (Å²) in [4.78, 5) is 11.5. The zero-order chi connectivity index (χ0) is 18.0. The van der Waals surface area contributed by atoms with Gasteiger partial charge in [0.05, 0.1) is 7.11 Å². The van der Waals surface area contributed by atoms with Gasteiger partial charge in [-0.2, -0.15) is 0 Å². The van der Waals surface area contributed by atoms with Crippen LogP contribution in [0.25, 0.3) is 0 Å². The smallest absolute Gasteiger partial charge is 0.488 e. The molecule has 1 fully saturated rings. The number of hydrogen-bond acceptors (Lipinski definition) is 4. The molecule has 3 rings (SSSR count). The highest BCUT2D eigenvalue weighted by molar-refractivity contribution is 14.1. The Labute approximate surface area is 161 Å². The molecule has 0 aliphatic heterocycles. The minimum atomic E-state index is -0.729. The molecular weight excluding hydrogens is 431 g/mol. The Morgan fingerprint density at radius 3 is 2.56 bits per heavy atom. The molecule has 0 aromatic heterocycles. The lowest BCUT2D eigenvalue weighted by Crippen LogP contribution is -2.11. The minimum absolute atomic E-state index is 0.341. The van der Waals surface area contributed by atoms with Crippen LogP contribution in [0.5, 0.6) is 11.5 Å². The molecule has 0 radical (unpaired) electrons. The maximum absolute atomic E-state index is 11.5. The third-order valence-corrected chi connectivity index (χ3v) is 5.46. The number of hydrogen-bond donors (Lipinski definition) is 0. The van der Waals surface area contributed by atoms with Crippen molar-refractivity contribution in [3.05, 3.63) is 56.2 Å². The van der Waals surface area contributed by atoms with E-state index in [0.29, 0.717) is 18.3 Å². The summed E-state index contributed by atoms with van der Waals surface area (Å²) in [7, 11) is 1.30. The molecule has 0 unspecified atom stereocenters. The molecule has 25 heavy (non-hydrogen) atoms. The molecule has 1 saturated carbocycles. The Bertz CT molecular complexity index is 797. The first kappa shape index (κ1) is 18.0. The fourth-order valence-corrected chi connectivity index (χ4v) is 3.34. The van der Waals surface area contributed by atoms with Crippen molar-refractivity contribution in [2.75, 3.05) is 7.11 Å². The molecule has 5 heteroatoms. The third kappa shape index (κ3) is 4.26. The normalized spacial score (nSPS) is 13.4. The van der Waals surface area contributed by atoms with Crippen molar-refractivity contribution in [1.82, 2.24) is 0 Å². The minimum Gasteiger partial charge on any atom is -0.488 e. The Hall–Kier alpha value is -1.76. The lowest BCUT2D eigenvalue weighted by atomic mass is 10.0. The Balaban J connectivity index is 1.85. The molecule has 2 aromatic rings. The van der Waals surface area contributed by atoms with Gasteiger partial charge in [-0.25, -0.2) is 4.79 Å². The number of methoxy groups -OCH3 is 1. The molecule has 2 aromatic carbocycles. The van der Waals surface area contributed by atoms with Gasteiger partial charge in [0, 0.05) is 9.13 Å². The maximum Gasteiger partial charge on any atom is 0.513 e. The maximum atomic E-state index is 11.5. The monoisotopic (exact) mass is 452 g/mol. The lowest BCUT2D eigenvalue weighted by Gasteiger charge is -2.16. The van der Waals surface area contributed by atoms with Gasteiger partial charge in [0.1, 0.15) is 18.1 Å². The van der Waals surface area contributed by atoms with E-state index in [1.807, 2.05) is 12.1 Å². The van der Waals surface area contributed by atoms with Gasteiger partial charge in [-0.1, -0.05) is 12.1 Å². The van der Waals surface area contributed by atoms with Crippen LogP contribution in [-0.4, -0.2) is 13.3 Å². The molecular formula is C20H21IO4. The van der Waals surface area contributed by atoms with E-state index in [2.05, 4.69) is 53.3 Å². The zero-order valence-electron chi connectivity index (χ0n) is 14.6. The van der Waals surface area contributed by atoms with Crippen LogP contribution in [0.1, 0.15) is 41.0 Å². The lowest BCUT2D eigenvalue weighted by molar-refractivity contribution is 0.120. The number of ether oxygens (including phenoxy) is 3. The van der Waals surface area contributed by atoms with Gasteiger partial charge in [0.2, 0.25) is 0 Å². The quantitative estimate of drug-likeness (QED) is 0.341. The first-order valence-corrected chi connectivity index (χ1v) is 9.34. The second kappa shape index (κ2) is 7.64. The van der Waals surface area contributed by atoms with E-state index >= 15 is 0 Å². The largest absolute Gasteiger partial charge is 0.513 e. The average Bonchev–Trinajstić information content (AvgIpc) is 3.42. The van der Waals surface area contributed by atoms with Crippen LogP contribution in [0.4, 0.5) is 4.79 Å². The van der Waals surface area contributed by atoms with Crippen LogP contribution in [0.2, 0.25) is 0 Å². The summed E-state index contributed by atoms with van der Waals surface area (Å²) < 4.78 is 17.0. The summed E-state index contributed by atoms with van der Waals surface area (Å²) >= 11 is 2.22. The van der Waals surface area contributed by atoms with Crippen LogP contribution in [-0.2, 0) is 11.3 Å². The van der Waals surface area contributed by atoms with Gasteiger partial charge in [0.25, 0.3) is 0 Å². The van der Waals surface area contributed by atoms with Crippen molar-refractivity contribution in [3.63, 3.8) is 0 Å². The first-order valence-electron chi connectivity index (χ1n) is 8.26. The van der Waals surface area contributed by atoms with Crippen LogP contribution >= 0.6 is 22.6 Å². The van der Waals surface area contributed by atoms with Gasteiger partial charge in [-0.15, -0.1) is 0 Å². The molecule has 0 bridgehead atoms. The summed E-state index contributed by atoms with van der Waals surface area (Å²) in [6, 6.07) is 9.91. The van der Waals surface area contributed by atoms with E-state index < -0.39 is 6.16 Å². The van der Waals surface area contributed by atoms with Gasteiger partial charge < -0.3 is 14.2 Å². The molecule has 0 amide bonds. The van der Waals surface area contributed by atoms with E-state index in [9.17, 15) is 4.79 Å². The van der Waals surface area contributed by atoms with Gasteiger partial charge >= 0.3 is 6.16 Å². The fraction of sp³-hybridized carbons (Fsp3) is 0.350. The predicted octanol–water partition coefficient (Wildman–Crippen LogP) is 5.51. The molecule has 0 heterocycles. The molecule has 0 N–H and O–H groups in total. The van der Waals surface area contributed by atoms with E-state index in [-0.39, 0.29) is 0 Å². The van der Waals surface area contributed by atoms with Crippen LogP contribution in [0.3, 0.4) is 0 Å². The second-order valence-electron chi connectivity index (χ2n) is 6.31. The van der Waals surface area contributed by atoms with Crippen molar-refractivity contribution in [3.8, 4) is 11.5 Å². The number of aryl methyl sites for hydroxylation is 2. The molecule has 0 atom stereocenters. The van der Waals surface area contributed by atoms with Crippen molar-refractivity contribution in [2.24, 2.45) is 0 Å². The van der Waals surface area contributed by atoms with E-state index in [0.717, 1.165) is 14.9 Å². The fourth-order valence-electron chi connectivity index (χ4n) is 2.71. The summed E-state index contributed by atoms with van der Waals surface area (Å²) in [5.41, 5.74) is 4.63. The van der Waals surface area contributed by atoms with Gasteiger partial charge in [-0.3, -0.25) is 0 Å². The number of halogens is 1. The van der Waals surface area contributed by atoms with Gasteiger partial charge in [-0.05, 0) is 90.1 Å². The molecule has 1 aliphatic carbocycles. The predicted molar refractivity (Wildman–Crippen MR) is 104 cm³/mol. The molecule has 0 saturated heterocycles.